The molecule has 1 aromatic rings. The number of nitrogen functional groups attached to an aromatic ring is 1. The third-order valence-corrected chi connectivity index (χ3v) is 2.01. The highest BCUT2D eigenvalue weighted by atomic mass is 16.6. The molecule has 0 aromatic heterocycles. The van der Waals surface area contributed by atoms with Crippen molar-refractivity contribution in [1.29, 1.82) is 0 Å². The molecule has 0 aliphatic carbocycles. The van der Waals surface area contributed by atoms with Crippen molar-refractivity contribution < 1.29 is 14.5 Å². The Balaban J connectivity index is 3.49. The first kappa shape index (κ1) is 12.0. The van der Waals surface area contributed by atoms with E-state index in [1.165, 1.54) is 19.1 Å². The molecule has 0 saturated carbocycles. The van der Waals surface area contributed by atoms with Crippen LogP contribution >= 0.6 is 0 Å². The lowest BCUT2D eigenvalue weighted by molar-refractivity contribution is -0.386. The fourth-order valence-corrected chi connectivity index (χ4v) is 1.41. The van der Waals surface area contributed by atoms with Crippen molar-refractivity contribution in [3.05, 3.63) is 27.8 Å². The SMILES string of the molecule is CCOc1ccc(N)c(C(C)=O)c1[N+](=O)[O-]. The Kier molecular flexibility index (Phi) is 3.44. The summed E-state index contributed by atoms with van der Waals surface area (Å²) in [6, 6.07) is 2.82. The van der Waals surface area contributed by atoms with E-state index >= 15 is 0 Å². The molecule has 0 atom stereocenters. The molecule has 0 unspecified atom stereocenters. The minimum Gasteiger partial charge on any atom is -0.487 e. The number of hydrogen-bond donors (Lipinski definition) is 1. The van der Waals surface area contributed by atoms with Crippen LogP contribution in [-0.4, -0.2) is 17.3 Å². The number of benzene rings is 1. The number of ketones is 1. The maximum Gasteiger partial charge on any atom is 0.323 e. The van der Waals surface area contributed by atoms with E-state index in [-0.39, 0.29) is 29.3 Å². The Morgan fingerprint density at radius 1 is 1.56 bits per heavy atom. The number of rotatable bonds is 4. The first-order valence-electron chi connectivity index (χ1n) is 4.69. The molecule has 0 bridgehead atoms. The molecule has 6 heteroatoms. The van der Waals surface area contributed by atoms with Crippen LogP contribution < -0.4 is 10.5 Å². The topological polar surface area (TPSA) is 95.5 Å². The van der Waals surface area contributed by atoms with Gasteiger partial charge in [-0.25, -0.2) is 0 Å². The van der Waals surface area contributed by atoms with Crippen molar-refractivity contribution in [3.8, 4) is 5.75 Å². The summed E-state index contributed by atoms with van der Waals surface area (Å²) in [5, 5.41) is 10.9. The molecule has 86 valence electrons. The van der Waals surface area contributed by atoms with Gasteiger partial charge in [0.25, 0.3) is 0 Å². The van der Waals surface area contributed by atoms with E-state index in [9.17, 15) is 14.9 Å². The molecule has 0 amide bonds. The number of ether oxygens (including phenoxy) is 1. The molecule has 1 aromatic carbocycles. The minimum absolute atomic E-state index is 0.0619. The number of carbonyl (C=O) groups is 1. The minimum atomic E-state index is -0.655. The maximum atomic E-state index is 11.3. The summed E-state index contributed by atoms with van der Waals surface area (Å²) in [7, 11) is 0. The average molecular weight is 224 g/mol. The number of nitro groups is 1. The Morgan fingerprint density at radius 3 is 2.62 bits per heavy atom. The van der Waals surface area contributed by atoms with Gasteiger partial charge in [0, 0.05) is 5.69 Å². The van der Waals surface area contributed by atoms with Crippen molar-refractivity contribution in [2.24, 2.45) is 0 Å². The van der Waals surface area contributed by atoms with Crippen LogP contribution in [-0.2, 0) is 0 Å². The molecule has 6 nitrogen and oxygen atoms in total. The van der Waals surface area contributed by atoms with Gasteiger partial charge in [0.2, 0.25) is 0 Å². The lowest BCUT2D eigenvalue weighted by Crippen LogP contribution is -2.07. The summed E-state index contributed by atoms with van der Waals surface area (Å²) in [5.74, 6) is -0.391. The molecule has 1 rings (SSSR count). The van der Waals surface area contributed by atoms with E-state index in [4.69, 9.17) is 10.5 Å². The van der Waals surface area contributed by atoms with Gasteiger partial charge in [-0.2, -0.15) is 0 Å². The molecule has 0 radical (unpaired) electrons. The second kappa shape index (κ2) is 4.61. The van der Waals surface area contributed by atoms with Gasteiger partial charge in [-0.1, -0.05) is 0 Å². The molecule has 0 spiro atoms. The molecular formula is C10H12N2O4. The molecular weight excluding hydrogens is 212 g/mol. The van der Waals surface area contributed by atoms with E-state index in [2.05, 4.69) is 0 Å². The van der Waals surface area contributed by atoms with E-state index < -0.39 is 10.7 Å². The Bertz CT molecular complexity index is 443. The van der Waals surface area contributed by atoms with Gasteiger partial charge < -0.3 is 10.5 Å². The van der Waals surface area contributed by atoms with Crippen molar-refractivity contribution >= 4 is 17.2 Å². The van der Waals surface area contributed by atoms with Gasteiger partial charge in [0.1, 0.15) is 5.56 Å². The second-order valence-corrected chi connectivity index (χ2v) is 3.12. The second-order valence-electron chi connectivity index (χ2n) is 3.12. The number of nitrogens with two attached hydrogens (primary N) is 1. The summed E-state index contributed by atoms with van der Waals surface area (Å²) in [5.41, 5.74) is 5.16. The monoisotopic (exact) mass is 224 g/mol. The molecule has 0 aliphatic rings. The Labute approximate surface area is 92.2 Å². The molecule has 0 aliphatic heterocycles. The van der Waals surface area contributed by atoms with Crippen molar-refractivity contribution in [2.45, 2.75) is 13.8 Å². The Hall–Kier alpha value is -2.11. The van der Waals surface area contributed by atoms with Crippen LogP contribution in [0.3, 0.4) is 0 Å². The quantitative estimate of drug-likeness (QED) is 0.364. The number of carbonyl (C=O) groups excluding carboxylic acids is 1. The van der Waals surface area contributed by atoms with Gasteiger partial charge >= 0.3 is 5.69 Å². The van der Waals surface area contributed by atoms with Crippen molar-refractivity contribution in [3.63, 3.8) is 0 Å². The van der Waals surface area contributed by atoms with E-state index in [0.29, 0.717) is 0 Å². The molecule has 2 N–H and O–H groups in total. The molecule has 0 saturated heterocycles. The number of nitrogens with zero attached hydrogens (tertiary/aromatic N) is 1. The normalized spacial score (nSPS) is 9.88. The van der Waals surface area contributed by atoms with Crippen LogP contribution in [0.1, 0.15) is 24.2 Å². The smallest absolute Gasteiger partial charge is 0.323 e. The van der Waals surface area contributed by atoms with Crippen LogP contribution in [0, 0.1) is 10.1 Å². The van der Waals surface area contributed by atoms with Crippen LogP contribution in [0.25, 0.3) is 0 Å². The zero-order chi connectivity index (χ0) is 12.3. The van der Waals surface area contributed by atoms with Gasteiger partial charge in [0.15, 0.2) is 11.5 Å². The maximum absolute atomic E-state index is 11.3. The molecule has 16 heavy (non-hydrogen) atoms. The first-order chi connectivity index (χ1) is 7.49. The largest absolute Gasteiger partial charge is 0.487 e. The van der Waals surface area contributed by atoms with Gasteiger partial charge in [-0.05, 0) is 26.0 Å². The highest BCUT2D eigenvalue weighted by Gasteiger charge is 2.26. The zero-order valence-electron chi connectivity index (χ0n) is 9.02. The van der Waals surface area contributed by atoms with Gasteiger partial charge in [-0.3, -0.25) is 14.9 Å². The van der Waals surface area contributed by atoms with Crippen LogP contribution in [0.4, 0.5) is 11.4 Å². The van der Waals surface area contributed by atoms with Gasteiger partial charge in [-0.15, -0.1) is 0 Å². The van der Waals surface area contributed by atoms with Crippen LogP contribution in [0.2, 0.25) is 0 Å². The lowest BCUT2D eigenvalue weighted by Gasteiger charge is -2.08. The number of hydrogen-bond acceptors (Lipinski definition) is 5. The highest BCUT2D eigenvalue weighted by Crippen LogP contribution is 2.34. The van der Waals surface area contributed by atoms with Crippen LogP contribution in [0.15, 0.2) is 12.1 Å². The number of anilines is 1. The lowest BCUT2D eigenvalue weighted by atomic mass is 10.1. The number of nitro benzene ring substituents is 1. The molecule has 0 heterocycles. The van der Waals surface area contributed by atoms with E-state index in [0.717, 1.165) is 0 Å². The first-order valence-corrected chi connectivity index (χ1v) is 4.69. The summed E-state index contributed by atoms with van der Waals surface area (Å²) in [6.45, 7) is 3.21. The predicted octanol–water partition coefficient (Wildman–Crippen LogP) is 1.78. The fraction of sp³-hybridized carbons (Fsp3) is 0.300. The third kappa shape index (κ3) is 2.10. The predicted molar refractivity (Wildman–Crippen MR) is 58.7 cm³/mol. The summed E-state index contributed by atoms with van der Waals surface area (Å²) in [6.07, 6.45) is 0. The highest BCUT2D eigenvalue weighted by molar-refractivity contribution is 6.04. The standard InChI is InChI=1S/C10H12N2O4/c1-3-16-8-5-4-7(11)9(6(2)13)10(8)12(14)15/h4-5H,3,11H2,1-2H3. The summed E-state index contributed by atoms with van der Waals surface area (Å²) >= 11 is 0. The Morgan fingerprint density at radius 2 is 2.19 bits per heavy atom. The number of Topliss-reactive ketones (excluding diaryl/α,β-unsaturated/α-hetero) is 1. The summed E-state index contributed by atoms with van der Waals surface area (Å²) < 4.78 is 5.09. The van der Waals surface area contributed by atoms with Gasteiger partial charge in [0.05, 0.1) is 11.5 Å². The van der Waals surface area contributed by atoms with E-state index in [1.807, 2.05) is 0 Å². The zero-order valence-corrected chi connectivity index (χ0v) is 9.02. The third-order valence-electron chi connectivity index (χ3n) is 2.01. The van der Waals surface area contributed by atoms with Crippen molar-refractivity contribution in [2.75, 3.05) is 12.3 Å². The molecule has 0 fully saturated rings. The summed E-state index contributed by atoms with van der Waals surface area (Å²) in [4.78, 5) is 21.5. The van der Waals surface area contributed by atoms with E-state index in [1.54, 1.807) is 6.92 Å². The fourth-order valence-electron chi connectivity index (χ4n) is 1.41. The van der Waals surface area contributed by atoms with Crippen molar-refractivity contribution in [1.82, 2.24) is 0 Å². The van der Waals surface area contributed by atoms with Crippen LogP contribution in [0.5, 0.6) is 5.75 Å². The average Bonchev–Trinajstić information content (AvgIpc) is 2.19.